The van der Waals surface area contributed by atoms with Gasteiger partial charge < -0.3 is 15.7 Å². The van der Waals surface area contributed by atoms with E-state index in [1.807, 2.05) is 24.3 Å². The van der Waals surface area contributed by atoms with Gasteiger partial charge in [-0.2, -0.15) is 4.73 Å². The molecule has 0 atom stereocenters. The van der Waals surface area contributed by atoms with Crippen LogP contribution in [0.1, 0.15) is 18.3 Å². The second-order valence-electron chi connectivity index (χ2n) is 5.38. The Kier molecular flexibility index (Phi) is 4.16. The van der Waals surface area contributed by atoms with Crippen LogP contribution in [0.25, 0.3) is 11.0 Å². The van der Waals surface area contributed by atoms with Gasteiger partial charge in [0.1, 0.15) is 12.3 Å². The molecule has 0 bridgehead atoms. The van der Waals surface area contributed by atoms with E-state index >= 15 is 0 Å². The molecule has 6 nitrogen and oxygen atoms in total. The number of aryl methyl sites for hydroxylation is 1. The van der Waals surface area contributed by atoms with E-state index in [1.54, 1.807) is 19.4 Å². The van der Waals surface area contributed by atoms with Crippen LogP contribution in [0, 0.1) is 5.21 Å². The van der Waals surface area contributed by atoms with Crippen molar-refractivity contribution >= 4 is 11.0 Å². The first-order chi connectivity index (χ1) is 11.2. The third kappa shape index (κ3) is 2.73. The van der Waals surface area contributed by atoms with Gasteiger partial charge in [-0.25, -0.2) is 9.13 Å². The van der Waals surface area contributed by atoms with Crippen LogP contribution in [0.3, 0.4) is 0 Å². The van der Waals surface area contributed by atoms with E-state index in [9.17, 15) is 5.21 Å². The predicted molar refractivity (Wildman–Crippen MR) is 86.8 cm³/mol. The van der Waals surface area contributed by atoms with Crippen molar-refractivity contribution in [3.8, 4) is 5.75 Å². The zero-order valence-electron chi connectivity index (χ0n) is 13.4. The van der Waals surface area contributed by atoms with Gasteiger partial charge in [-0.05, 0) is 25.1 Å². The molecule has 0 saturated heterocycles. The summed E-state index contributed by atoms with van der Waals surface area (Å²) >= 11 is 0. The van der Waals surface area contributed by atoms with E-state index in [0.29, 0.717) is 13.1 Å². The predicted octanol–water partition coefficient (Wildman–Crippen LogP) is 1.10. The Hall–Kier alpha value is -2.60. The zero-order chi connectivity index (χ0) is 16.4. The Morgan fingerprint density at radius 2 is 2.13 bits per heavy atom. The molecule has 0 saturated carbocycles. The maximum atomic E-state index is 11.5. The second-order valence-corrected chi connectivity index (χ2v) is 5.38. The highest BCUT2D eigenvalue weighted by atomic mass is 16.5. The summed E-state index contributed by atoms with van der Waals surface area (Å²) in [4.78, 5) is 0. The van der Waals surface area contributed by atoms with Crippen LogP contribution >= 0.6 is 0 Å². The molecule has 0 aliphatic carbocycles. The number of nitrogens with two attached hydrogens (primary N) is 1. The molecule has 2 heterocycles. The molecule has 0 aliphatic heterocycles. The van der Waals surface area contributed by atoms with Crippen LogP contribution < -0.4 is 19.8 Å². The van der Waals surface area contributed by atoms with Crippen LogP contribution in [0.15, 0.2) is 42.7 Å². The summed E-state index contributed by atoms with van der Waals surface area (Å²) in [6.07, 6.45) is 3.07. The lowest BCUT2D eigenvalue weighted by Gasteiger charge is -2.03. The van der Waals surface area contributed by atoms with Gasteiger partial charge in [-0.1, -0.05) is 0 Å². The molecule has 3 rings (SSSR count). The lowest BCUT2D eigenvalue weighted by molar-refractivity contribution is -0.673. The minimum Gasteiger partial charge on any atom is -0.619 e. The quantitative estimate of drug-likeness (QED) is 0.566. The van der Waals surface area contributed by atoms with Gasteiger partial charge in [0.05, 0.1) is 25.8 Å². The van der Waals surface area contributed by atoms with Gasteiger partial charge in [-0.15, -0.1) is 0 Å². The fourth-order valence-electron chi connectivity index (χ4n) is 3.03. The van der Waals surface area contributed by atoms with Gasteiger partial charge in [-0.3, -0.25) is 0 Å². The van der Waals surface area contributed by atoms with Gasteiger partial charge in [0.15, 0.2) is 23.4 Å². The molecular weight excluding hydrogens is 292 g/mol. The third-order valence-electron chi connectivity index (χ3n) is 4.06. The fraction of sp³-hybridized carbons (Fsp3) is 0.294. The number of methoxy groups -OCH3 is 1. The number of hydrogen-bond donors (Lipinski definition) is 1. The minimum atomic E-state index is 0.426. The first kappa shape index (κ1) is 15.3. The molecular formula is C17H21N4O2+. The monoisotopic (exact) mass is 313 g/mol. The molecule has 0 unspecified atom stereocenters. The van der Waals surface area contributed by atoms with Crippen molar-refractivity contribution in [3.05, 3.63) is 59.3 Å². The van der Waals surface area contributed by atoms with E-state index in [2.05, 4.69) is 16.1 Å². The lowest BCUT2D eigenvalue weighted by atomic mass is 10.2. The van der Waals surface area contributed by atoms with Gasteiger partial charge in [0.2, 0.25) is 0 Å². The number of nitrogens with zero attached hydrogens (tertiary/aromatic N) is 3. The highest BCUT2D eigenvalue weighted by Crippen LogP contribution is 2.21. The van der Waals surface area contributed by atoms with Crippen molar-refractivity contribution in [2.24, 2.45) is 5.73 Å². The van der Waals surface area contributed by atoms with E-state index < -0.39 is 0 Å². The molecule has 0 spiro atoms. The molecule has 0 aliphatic rings. The highest BCUT2D eigenvalue weighted by molar-refractivity contribution is 5.74. The minimum absolute atomic E-state index is 0.426. The number of rotatable bonds is 5. The molecule has 120 valence electrons. The van der Waals surface area contributed by atoms with Crippen LogP contribution in [0.5, 0.6) is 5.75 Å². The molecule has 6 heteroatoms. The summed E-state index contributed by atoms with van der Waals surface area (Å²) in [5.41, 5.74) is 9.10. The van der Waals surface area contributed by atoms with Crippen LogP contribution in [-0.2, 0) is 19.6 Å². The molecule has 0 fully saturated rings. The van der Waals surface area contributed by atoms with Gasteiger partial charge in [0, 0.05) is 12.1 Å². The molecule has 23 heavy (non-hydrogen) atoms. The Labute approximate surface area is 134 Å². The van der Waals surface area contributed by atoms with Gasteiger partial charge in [0.25, 0.3) is 5.82 Å². The maximum Gasteiger partial charge on any atom is 0.271 e. The Balaban J connectivity index is 2.18. The molecule has 1 aromatic carbocycles. The largest absolute Gasteiger partial charge is 0.619 e. The molecule has 2 aromatic heterocycles. The van der Waals surface area contributed by atoms with Crippen LogP contribution in [0.2, 0.25) is 0 Å². The summed E-state index contributed by atoms with van der Waals surface area (Å²) in [5.74, 6) is 1.84. The first-order valence-corrected chi connectivity index (χ1v) is 7.64. The van der Waals surface area contributed by atoms with Crippen molar-refractivity contribution < 1.29 is 14.0 Å². The van der Waals surface area contributed by atoms with E-state index in [1.165, 1.54) is 6.20 Å². The summed E-state index contributed by atoms with van der Waals surface area (Å²) in [7, 11) is 1.66. The number of imidazole rings is 1. The SMILES string of the molecule is CCn1c(CN)[n+](Cc2ccc[n+]([O-])c2)c2ccc(OC)cc21. The third-order valence-corrected chi connectivity index (χ3v) is 4.06. The Bertz CT molecular complexity index is 842. The topological polar surface area (TPSA) is 71.0 Å². The lowest BCUT2D eigenvalue weighted by Crippen LogP contribution is -2.40. The second kappa shape index (κ2) is 6.26. The highest BCUT2D eigenvalue weighted by Gasteiger charge is 2.24. The molecule has 2 N–H and O–H groups in total. The smallest absolute Gasteiger partial charge is 0.271 e. The standard InChI is InChI=1S/C17H21N4O2/c1-3-20-16-9-14(23-2)6-7-15(16)21(17(20)10-18)12-13-5-4-8-19(22)11-13/h4-9,11H,3,10,12,18H2,1-2H3/q+1. The van der Waals surface area contributed by atoms with Crippen molar-refractivity contribution in [2.45, 2.75) is 26.6 Å². The summed E-state index contributed by atoms with van der Waals surface area (Å²) in [6.45, 7) is 3.94. The fourth-order valence-corrected chi connectivity index (χ4v) is 3.03. The number of hydrogen-bond acceptors (Lipinski definition) is 3. The van der Waals surface area contributed by atoms with Crippen molar-refractivity contribution in [3.63, 3.8) is 0 Å². The molecule has 0 amide bonds. The average Bonchev–Trinajstić information content (AvgIpc) is 2.86. The van der Waals surface area contributed by atoms with Crippen LogP contribution in [-0.4, -0.2) is 11.7 Å². The van der Waals surface area contributed by atoms with E-state index in [0.717, 1.165) is 39.4 Å². The number of fused-ring (bicyclic) bond motifs is 1. The maximum absolute atomic E-state index is 11.5. The zero-order valence-corrected chi connectivity index (χ0v) is 13.4. The number of aromatic nitrogens is 3. The number of pyridine rings is 1. The van der Waals surface area contributed by atoms with Crippen molar-refractivity contribution in [1.82, 2.24) is 4.57 Å². The first-order valence-electron chi connectivity index (χ1n) is 7.64. The Morgan fingerprint density at radius 3 is 2.78 bits per heavy atom. The summed E-state index contributed by atoms with van der Waals surface area (Å²) in [6, 6.07) is 9.70. The van der Waals surface area contributed by atoms with E-state index in [-0.39, 0.29) is 0 Å². The number of benzene rings is 1. The summed E-state index contributed by atoms with van der Waals surface area (Å²) < 4.78 is 10.5. The molecule has 0 radical (unpaired) electrons. The van der Waals surface area contributed by atoms with Crippen LogP contribution in [0.4, 0.5) is 0 Å². The van der Waals surface area contributed by atoms with E-state index in [4.69, 9.17) is 10.5 Å². The van der Waals surface area contributed by atoms with Gasteiger partial charge >= 0.3 is 0 Å². The average molecular weight is 313 g/mol. The van der Waals surface area contributed by atoms with Crippen molar-refractivity contribution in [1.29, 1.82) is 0 Å². The summed E-state index contributed by atoms with van der Waals surface area (Å²) in [5, 5.41) is 11.5. The molecule has 3 aromatic rings. The number of ether oxygens (including phenoxy) is 1. The van der Waals surface area contributed by atoms with Crippen molar-refractivity contribution in [2.75, 3.05) is 7.11 Å². The normalized spacial score (nSPS) is 11.1. The Morgan fingerprint density at radius 1 is 1.30 bits per heavy atom.